The van der Waals surface area contributed by atoms with Crippen molar-refractivity contribution in [3.8, 4) is 12.3 Å². The quantitative estimate of drug-likeness (QED) is 0.694. The van der Waals surface area contributed by atoms with Crippen LogP contribution in [0.15, 0.2) is 53.3 Å². The van der Waals surface area contributed by atoms with Gasteiger partial charge in [-0.3, -0.25) is 9.20 Å². The monoisotopic (exact) mass is 321 g/mol. The molecule has 0 atom stereocenters. The zero-order valence-corrected chi connectivity index (χ0v) is 13.2. The van der Waals surface area contributed by atoms with Crippen LogP contribution >= 0.6 is 0 Å². The van der Waals surface area contributed by atoms with Crippen LogP contribution in [0, 0.1) is 18.2 Å². The normalized spacial score (nSPS) is 10.5. The lowest BCUT2D eigenvalue weighted by atomic mass is 10.2. The third kappa shape index (κ3) is 2.99. The molecule has 2 aromatic heterocycles. The van der Waals surface area contributed by atoms with E-state index >= 15 is 0 Å². The number of rotatable bonds is 4. The molecular formula is C19H16FN3O. The number of aromatic nitrogens is 2. The molecule has 0 unspecified atom stereocenters. The summed E-state index contributed by atoms with van der Waals surface area (Å²) >= 11 is 0. The van der Waals surface area contributed by atoms with Crippen LogP contribution in [0.4, 0.5) is 10.1 Å². The fourth-order valence-corrected chi connectivity index (χ4v) is 2.63. The van der Waals surface area contributed by atoms with Gasteiger partial charge in [-0.25, -0.2) is 9.37 Å². The highest BCUT2D eigenvalue weighted by Gasteiger charge is 2.10. The first-order valence-corrected chi connectivity index (χ1v) is 7.61. The van der Waals surface area contributed by atoms with E-state index in [0.29, 0.717) is 30.1 Å². The van der Waals surface area contributed by atoms with E-state index in [0.717, 1.165) is 5.69 Å². The fourth-order valence-electron chi connectivity index (χ4n) is 2.63. The van der Waals surface area contributed by atoms with Gasteiger partial charge >= 0.3 is 0 Å². The van der Waals surface area contributed by atoms with Gasteiger partial charge in [-0.2, -0.15) is 0 Å². The number of anilines is 1. The minimum absolute atomic E-state index is 0.210. The number of benzene rings is 1. The molecule has 0 bridgehead atoms. The first-order chi connectivity index (χ1) is 11.6. The summed E-state index contributed by atoms with van der Waals surface area (Å²) < 4.78 is 14.5. The van der Waals surface area contributed by atoms with E-state index in [-0.39, 0.29) is 11.4 Å². The lowest BCUT2D eigenvalue weighted by molar-refractivity contribution is 0.627. The Bertz CT molecular complexity index is 971. The maximum absolute atomic E-state index is 13.1. The highest BCUT2D eigenvalue weighted by Crippen LogP contribution is 2.17. The summed E-state index contributed by atoms with van der Waals surface area (Å²) in [7, 11) is 0. The van der Waals surface area contributed by atoms with Crippen LogP contribution in [-0.4, -0.2) is 15.9 Å². The lowest BCUT2D eigenvalue weighted by Crippen LogP contribution is -2.25. The molecule has 0 aliphatic carbocycles. The molecule has 3 rings (SSSR count). The van der Waals surface area contributed by atoms with Crippen molar-refractivity contribution in [3.05, 3.63) is 76.1 Å². The molecule has 0 saturated heterocycles. The molecule has 0 spiro atoms. The number of hydrogen-bond acceptors (Lipinski definition) is 3. The molecule has 0 amide bonds. The number of fused-ring (bicyclic) bond motifs is 1. The average Bonchev–Trinajstić information content (AvgIpc) is 2.60. The zero-order valence-electron chi connectivity index (χ0n) is 13.2. The fraction of sp³-hybridized carbons (Fsp3) is 0.158. The van der Waals surface area contributed by atoms with Crippen molar-refractivity contribution in [2.24, 2.45) is 0 Å². The molecule has 3 aromatic rings. The lowest BCUT2D eigenvalue weighted by Gasteiger charge is -2.22. The Morgan fingerprint density at radius 3 is 2.67 bits per heavy atom. The molecule has 0 aliphatic heterocycles. The summed E-state index contributed by atoms with van der Waals surface area (Å²) in [5, 5.41) is 0. The largest absolute Gasteiger partial charge is 0.366 e. The number of nitrogens with zero attached hydrogens (tertiary/aromatic N) is 3. The van der Waals surface area contributed by atoms with Gasteiger partial charge in [0.2, 0.25) is 0 Å². The first-order valence-electron chi connectivity index (χ1n) is 7.61. The molecule has 0 fully saturated rings. The van der Waals surface area contributed by atoms with Crippen LogP contribution < -0.4 is 10.5 Å². The van der Waals surface area contributed by atoms with Gasteiger partial charge in [-0.05, 0) is 43.3 Å². The molecule has 24 heavy (non-hydrogen) atoms. The predicted octanol–water partition coefficient (Wildman–Crippen LogP) is 2.84. The van der Waals surface area contributed by atoms with Crippen LogP contribution in [0.25, 0.3) is 5.65 Å². The van der Waals surface area contributed by atoms with Gasteiger partial charge in [0.15, 0.2) is 0 Å². The Morgan fingerprint density at radius 1 is 1.25 bits per heavy atom. The van der Waals surface area contributed by atoms with E-state index in [9.17, 15) is 9.18 Å². The van der Waals surface area contributed by atoms with Crippen molar-refractivity contribution in [1.29, 1.82) is 0 Å². The SMILES string of the molecule is C#Cc1cccc2nc(CN(CC)c3ccc(F)cc3)cc(=O)n12. The van der Waals surface area contributed by atoms with Crippen molar-refractivity contribution in [2.75, 3.05) is 11.4 Å². The summed E-state index contributed by atoms with van der Waals surface area (Å²) in [5.74, 6) is 2.21. The number of pyridine rings is 1. The van der Waals surface area contributed by atoms with E-state index in [2.05, 4.69) is 10.9 Å². The first kappa shape index (κ1) is 15.8. The molecule has 120 valence electrons. The molecule has 5 heteroatoms. The van der Waals surface area contributed by atoms with Gasteiger partial charge in [0.25, 0.3) is 5.56 Å². The van der Waals surface area contributed by atoms with Gasteiger partial charge in [0, 0.05) is 18.3 Å². The van der Waals surface area contributed by atoms with E-state index in [1.807, 2.05) is 11.8 Å². The molecule has 4 nitrogen and oxygen atoms in total. The predicted molar refractivity (Wildman–Crippen MR) is 92.5 cm³/mol. The summed E-state index contributed by atoms with van der Waals surface area (Å²) in [6.45, 7) is 3.15. The molecule has 1 aromatic carbocycles. The second kappa shape index (κ2) is 6.55. The van der Waals surface area contributed by atoms with Crippen LogP contribution in [0.5, 0.6) is 0 Å². The number of terminal acetylenes is 1. The molecular weight excluding hydrogens is 305 g/mol. The molecule has 0 N–H and O–H groups in total. The van der Waals surface area contributed by atoms with Crippen LogP contribution in [0.1, 0.15) is 18.3 Å². The number of hydrogen-bond donors (Lipinski definition) is 0. The van der Waals surface area contributed by atoms with Gasteiger partial charge in [-0.1, -0.05) is 12.0 Å². The van der Waals surface area contributed by atoms with Crippen LogP contribution in [0.3, 0.4) is 0 Å². The van der Waals surface area contributed by atoms with Gasteiger partial charge < -0.3 is 4.90 Å². The highest BCUT2D eigenvalue weighted by atomic mass is 19.1. The topological polar surface area (TPSA) is 37.6 Å². The van der Waals surface area contributed by atoms with Crippen molar-refractivity contribution in [1.82, 2.24) is 9.38 Å². The van der Waals surface area contributed by atoms with E-state index in [1.54, 1.807) is 30.3 Å². The van der Waals surface area contributed by atoms with Crippen molar-refractivity contribution >= 4 is 11.3 Å². The average molecular weight is 321 g/mol. The summed E-state index contributed by atoms with van der Waals surface area (Å²) in [4.78, 5) is 18.9. The van der Waals surface area contributed by atoms with E-state index in [1.165, 1.54) is 22.6 Å². The minimum Gasteiger partial charge on any atom is -0.366 e. The third-order valence-electron chi connectivity index (χ3n) is 3.81. The van der Waals surface area contributed by atoms with Gasteiger partial charge in [0.1, 0.15) is 17.2 Å². The highest BCUT2D eigenvalue weighted by molar-refractivity contribution is 5.48. The Labute approximate surface area is 139 Å². The Hall–Kier alpha value is -3.13. The Balaban J connectivity index is 1.99. The maximum atomic E-state index is 13.1. The maximum Gasteiger partial charge on any atom is 0.259 e. The third-order valence-corrected chi connectivity index (χ3v) is 3.81. The Morgan fingerprint density at radius 2 is 2.00 bits per heavy atom. The van der Waals surface area contributed by atoms with Crippen molar-refractivity contribution < 1.29 is 4.39 Å². The number of halogens is 1. The summed E-state index contributed by atoms with van der Waals surface area (Å²) in [6.07, 6.45) is 5.44. The van der Waals surface area contributed by atoms with Crippen molar-refractivity contribution in [3.63, 3.8) is 0 Å². The summed E-state index contributed by atoms with van der Waals surface area (Å²) in [6, 6.07) is 13.0. The molecule has 0 radical (unpaired) electrons. The second-order valence-electron chi connectivity index (χ2n) is 5.33. The molecule has 0 aliphatic rings. The zero-order chi connectivity index (χ0) is 17.1. The smallest absolute Gasteiger partial charge is 0.259 e. The van der Waals surface area contributed by atoms with Gasteiger partial charge in [0.05, 0.1) is 12.2 Å². The Kier molecular flexibility index (Phi) is 4.30. The van der Waals surface area contributed by atoms with Crippen LogP contribution in [0.2, 0.25) is 0 Å². The van der Waals surface area contributed by atoms with E-state index in [4.69, 9.17) is 6.42 Å². The van der Waals surface area contributed by atoms with Crippen molar-refractivity contribution in [2.45, 2.75) is 13.5 Å². The summed E-state index contributed by atoms with van der Waals surface area (Å²) in [5.41, 5.74) is 2.29. The standard InChI is InChI=1S/C19H16FN3O/c1-3-16-6-5-7-18-21-15(12-19(24)23(16)18)13-22(4-2)17-10-8-14(20)9-11-17/h1,5-12H,4,13H2,2H3. The van der Waals surface area contributed by atoms with E-state index < -0.39 is 0 Å². The molecule has 0 saturated carbocycles. The van der Waals surface area contributed by atoms with Crippen LogP contribution in [-0.2, 0) is 6.54 Å². The molecule has 2 heterocycles. The van der Waals surface area contributed by atoms with Gasteiger partial charge in [-0.15, -0.1) is 6.42 Å². The second-order valence-corrected chi connectivity index (χ2v) is 5.33. The minimum atomic E-state index is -0.279.